The van der Waals surface area contributed by atoms with Gasteiger partial charge < -0.3 is 10.2 Å². The number of likely N-dealkylation sites (tertiary alicyclic amines) is 1. The van der Waals surface area contributed by atoms with Gasteiger partial charge >= 0.3 is 0 Å². The first kappa shape index (κ1) is 16.2. The first-order valence-corrected chi connectivity index (χ1v) is 8.42. The van der Waals surface area contributed by atoms with Crippen molar-refractivity contribution in [1.82, 2.24) is 4.90 Å². The third kappa shape index (κ3) is 4.20. The monoisotopic (exact) mass is 311 g/mol. The van der Waals surface area contributed by atoms with Crippen LogP contribution in [0.15, 0.2) is 54.6 Å². The van der Waals surface area contributed by atoms with E-state index in [9.17, 15) is 5.11 Å². The Morgan fingerprint density at radius 3 is 2.39 bits per heavy atom. The fourth-order valence-electron chi connectivity index (χ4n) is 3.42. The fraction of sp³-hybridized carbons (Fsp3) is 0.400. The molecule has 2 aromatic carbocycles. The second-order valence-electron chi connectivity index (χ2n) is 6.40. The zero-order chi connectivity index (χ0) is 16.1. The summed E-state index contributed by atoms with van der Waals surface area (Å²) in [5.41, 5.74) is 3.22. The number of aliphatic hydroxyl groups is 2. The van der Waals surface area contributed by atoms with Crippen molar-refractivity contribution in [2.24, 2.45) is 0 Å². The molecule has 0 aromatic heterocycles. The van der Waals surface area contributed by atoms with Gasteiger partial charge in [0.05, 0.1) is 12.7 Å². The Labute approximate surface area is 138 Å². The van der Waals surface area contributed by atoms with Crippen molar-refractivity contribution in [2.45, 2.75) is 44.6 Å². The number of hydrogen-bond donors (Lipinski definition) is 2. The molecule has 1 fully saturated rings. The molecule has 2 N–H and O–H groups in total. The third-order valence-corrected chi connectivity index (χ3v) is 4.77. The SMILES string of the molecule is OCc1ccc(CN2CCCC2CC(O)c2ccccc2)cc1. The minimum Gasteiger partial charge on any atom is -0.392 e. The van der Waals surface area contributed by atoms with Crippen LogP contribution >= 0.6 is 0 Å². The molecule has 1 saturated heterocycles. The van der Waals surface area contributed by atoms with Gasteiger partial charge in [-0.25, -0.2) is 0 Å². The molecule has 3 nitrogen and oxygen atoms in total. The van der Waals surface area contributed by atoms with Gasteiger partial charge in [0.15, 0.2) is 0 Å². The van der Waals surface area contributed by atoms with E-state index in [2.05, 4.69) is 17.0 Å². The van der Waals surface area contributed by atoms with Crippen LogP contribution in [0.4, 0.5) is 0 Å². The first-order chi connectivity index (χ1) is 11.3. The maximum atomic E-state index is 10.5. The summed E-state index contributed by atoms with van der Waals surface area (Å²) in [6.45, 7) is 2.10. The van der Waals surface area contributed by atoms with E-state index in [0.717, 1.165) is 37.1 Å². The topological polar surface area (TPSA) is 43.7 Å². The van der Waals surface area contributed by atoms with Crippen LogP contribution in [-0.2, 0) is 13.2 Å². The van der Waals surface area contributed by atoms with Crippen molar-refractivity contribution >= 4 is 0 Å². The van der Waals surface area contributed by atoms with Crippen molar-refractivity contribution in [1.29, 1.82) is 0 Å². The Morgan fingerprint density at radius 2 is 1.70 bits per heavy atom. The highest BCUT2D eigenvalue weighted by molar-refractivity contribution is 5.22. The lowest BCUT2D eigenvalue weighted by Gasteiger charge is -2.26. The van der Waals surface area contributed by atoms with Crippen LogP contribution in [0.1, 0.15) is 42.1 Å². The number of rotatable bonds is 6. The lowest BCUT2D eigenvalue weighted by molar-refractivity contribution is 0.118. The maximum absolute atomic E-state index is 10.5. The highest BCUT2D eigenvalue weighted by atomic mass is 16.3. The van der Waals surface area contributed by atoms with Crippen LogP contribution in [-0.4, -0.2) is 27.7 Å². The highest BCUT2D eigenvalue weighted by Crippen LogP contribution is 2.28. The van der Waals surface area contributed by atoms with Gasteiger partial charge in [-0.2, -0.15) is 0 Å². The minimum absolute atomic E-state index is 0.0931. The quantitative estimate of drug-likeness (QED) is 0.860. The Kier molecular flexibility index (Phi) is 5.44. The Balaban J connectivity index is 1.61. The molecule has 0 spiro atoms. The average molecular weight is 311 g/mol. The van der Waals surface area contributed by atoms with Crippen LogP contribution in [0, 0.1) is 0 Å². The summed E-state index contributed by atoms with van der Waals surface area (Å²) < 4.78 is 0. The third-order valence-electron chi connectivity index (χ3n) is 4.77. The average Bonchev–Trinajstić information content (AvgIpc) is 3.03. The van der Waals surface area contributed by atoms with E-state index in [-0.39, 0.29) is 6.61 Å². The standard InChI is InChI=1S/C20H25NO2/c22-15-17-10-8-16(9-11-17)14-21-12-4-7-19(21)13-20(23)18-5-2-1-3-6-18/h1-3,5-6,8-11,19-20,22-23H,4,7,12-15H2. The zero-order valence-electron chi connectivity index (χ0n) is 13.4. The van der Waals surface area contributed by atoms with Gasteiger partial charge in [0.25, 0.3) is 0 Å². The molecule has 1 heterocycles. The molecule has 2 atom stereocenters. The molecule has 23 heavy (non-hydrogen) atoms. The largest absolute Gasteiger partial charge is 0.392 e. The second kappa shape index (κ2) is 7.73. The van der Waals surface area contributed by atoms with E-state index < -0.39 is 6.10 Å². The molecular formula is C20H25NO2. The predicted molar refractivity (Wildman–Crippen MR) is 91.8 cm³/mol. The van der Waals surface area contributed by atoms with Crippen molar-refractivity contribution in [3.05, 3.63) is 71.3 Å². The number of benzene rings is 2. The summed E-state index contributed by atoms with van der Waals surface area (Å²) >= 11 is 0. The molecule has 0 radical (unpaired) electrons. The second-order valence-corrected chi connectivity index (χ2v) is 6.40. The van der Waals surface area contributed by atoms with Gasteiger partial charge in [0, 0.05) is 12.6 Å². The van der Waals surface area contributed by atoms with E-state index in [1.165, 1.54) is 12.0 Å². The minimum atomic E-state index is -0.390. The zero-order valence-corrected chi connectivity index (χ0v) is 13.4. The van der Waals surface area contributed by atoms with Gasteiger partial charge in [-0.3, -0.25) is 4.90 Å². The van der Waals surface area contributed by atoms with Crippen LogP contribution in [0.2, 0.25) is 0 Å². The molecule has 0 bridgehead atoms. The fourth-order valence-corrected chi connectivity index (χ4v) is 3.42. The smallest absolute Gasteiger partial charge is 0.0805 e. The number of hydrogen-bond acceptors (Lipinski definition) is 3. The van der Waals surface area contributed by atoms with Gasteiger partial charge in [0.2, 0.25) is 0 Å². The molecule has 3 rings (SSSR count). The van der Waals surface area contributed by atoms with Gasteiger partial charge in [-0.05, 0) is 42.5 Å². The molecular weight excluding hydrogens is 286 g/mol. The predicted octanol–water partition coefficient (Wildman–Crippen LogP) is 3.27. The summed E-state index contributed by atoms with van der Waals surface area (Å²) in [5, 5.41) is 19.6. The van der Waals surface area contributed by atoms with E-state index in [4.69, 9.17) is 5.11 Å². The van der Waals surface area contributed by atoms with Gasteiger partial charge in [-0.1, -0.05) is 54.6 Å². The first-order valence-electron chi connectivity index (χ1n) is 8.42. The molecule has 1 aliphatic rings. The molecule has 3 heteroatoms. The summed E-state index contributed by atoms with van der Waals surface area (Å²) in [5.74, 6) is 0. The summed E-state index contributed by atoms with van der Waals surface area (Å²) in [4.78, 5) is 2.47. The molecule has 2 aromatic rings. The molecule has 1 aliphatic heterocycles. The van der Waals surface area contributed by atoms with Crippen molar-refractivity contribution in [2.75, 3.05) is 6.54 Å². The van der Waals surface area contributed by atoms with E-state index in [0.29, 0.717) is 6.04 Å². The van der Waals surface area contributed by atoms with Gasteiger partial charge in [0.1, 0.15) is 0 Å². The van der Waals surface area contributed by atoms with Crippen LogP contribution in [0.3, 0.4) is 0 Å². The molecule has 0 amide bonds. The molecule has 122 valence electrons. The van der Waals surface area contributed by atoms with Crippen LogP contribution in [0.5, 0.6) is 0 Å². The van der Waals surface area contributed by atoms with Crippen molar-refractivity contribution < 1.29 is 10.2 Å². The Hall–Kier alpha value is -1.68. The lowest BCUT2D eigenvalue weighted by atomic mass is 10.0. The highest BCUT2D eigenvalue weighted by Gasteiger charge is 2.27. The molecule has 0 saturated carbocycles. The van der Waals surface area contributed by atoms with Crippen LogP contribution < -0.4 is 0 Å². The number of nitrogens with zero attached hydrogens (tertiary/aromatic N) is 1. The molecule has 2 unspecified atom stereocenters. The van der Waals surface area contributed by atoms with Gasteiger partial charge in [-0.15, -0.1) is 0 Å². The van der Waals surface area contributed by atoms with E-state index in [1.54, 1.807) is 0 Å². The van der Waals surface area contributed by atoms with E-state index >= 15 is 0 Å². The van der Waals surface area contributed by atoms with Crippen molar-refractivity contribution in [3.63, 3.8) is 0 Å². The summed E-state index contributed by atoms with van der Waals surface area (Å²) in [6, 6.07) is 18.5. The van der Waals surface area contributed by atoms with E-state index in [1.807, 2.05) is 42.5 Å². The Bertz CT molecular complexity index is 597. The Morgan fingerprint density at radius 1 is 1.00 bits per heavy atom. The lowest BCUT2D eigenvalue weighted by Crippen LogP contribution is -2.30. The van der Waals surface area contributed by atoms with Crippen molar-refractivity contribution in [3.8, 4) is 0 Å². The summed E-state index contributed by atoms with van der Waals surface area (Å²) in [7, 11) is 0. The number of aliphatic hydroxyl groups excluding tert-OH is 2. The molecule has 0 aliphatic carbocycles. The maximum Gasteiger partial charge on any atom is 0.0805 e. The normalized spacial score (nSPS) is 19.8. The van der Waals surface area contributed by atoms with Crippen LogP contribution in [0.25, 0.3) is 0 Å². The summed E-state index contributed by atoms with van der Waals surface area (Å²) in [6.07, 6.45) is 2.75.